The lowest BCUT2D eigenvalue weighted by molar-refractivity contribution is -0.0496. The van der Waals surface area contributed by atoms with Gasteiger partial charge < -0.3 is 9.30 Å². The number of halogens is 3. The smallest absolute Gasteiger partial charge is 0.387 e. The van der Waals surface area contributed by atoms with E-state index < -0.39 is 28.5 Å². The number of rotatable bonds is 8. The van der Waals surface area contributed by atoms with Gasteiger partial charge in [-0.2, -0.15) is 8.78 Å². The standard InChI is InChI=1S/C24H28F3N3O3S/c1-14(29-34(31,32)15-7-8-15)18-12-30(13-24(2,3)4)20-11-17(19(25)10-16(18)20)22-21(33-23(26)27)6-5-9-28-22/h5-6,9-12,14-15,23,29H,7-8,13H2,1-4H3. The van der Waals surface area contributed by atoms with Gasteiger partial charge in [-0.3, -0.25) is 4.98 Å². The minimum atomic E-state index is -3.46. The summed E-state index contributed by atoms with van der Waals surface area (Å²) < 4.78 is 75.4. The number of hydrogen-bond donors (Lipinski definition) is 1. The molecule has 10 heteroatoms. The van der Waals surface area contributed by atoms with Crippen LogP contribution in [-0.4, -0.2) is 29.8 Å². The molecule has 2 heterocycles. The lowest BCUT2D eigenvalue weighted by atomic mass is 9.97. The van der Waals surface area contributed by atoms with Gasteiger partial charge in [0.15, 0.2) is 5.75 Å². The summed E-state index contributed by atoms with van der Waals surface area (Å²) >= 11 is 0. The summed E-state index contributed by atoms with van der Waals surface area (Å²) in [7, 11) is -3.46. The average Bonchev–Trinajstić information content (AvgIpc) is 3.52. The monoisotopic (exact) mass is 495 g/mol. The molecule has 0 bridgehead atoms. The Kier molecular flexibility index (Phi) is 6.41. The van der Waals surface area contributed by atoms with Crippen LogP contribution in [0.4, 0.5) is 13.2 Å². The number of benzene rings is 1. The Hall–Kier alpha value is -2.59. The molecular formula is C24H28F3N3O3S. The predicted octanol–water partition coefficient (Wildman–Crippen LogP) is 5.63. The van der Waals surface area contributed by atoms with E-state index in [9.17, 15) is 17.2 Å². The molecule has 0 aliphatic heterocycles. The Morgan fingerprint density at radius 2 is 1.97 bits per heavy atom. The molecule has 4 rings (SSSR count). The molecule has 34 heavy (non-hydrogen) atoms. The van der Waals surface area contributed by atoms with Gasteiger partial charge in [-0.05, 0) is 55.0 Å². The van der Waals surface area contributed by atoms with Gasteiger partial charge in [0.25, 0.3) is 0 Å². The maximum atomic E-state index is 15.4. The molecule has 1 N–H and O–H groups in total. The van der Waals surface area contributed by atoms with Gasteiger partial charge in [0.05, 0.1) is 5.25 Å². The van der Waals surface area contributed by atoms with Crippen LogP contribution in [0.3, 0.4) is 0 Å². The maximum Gasteiger partial charge on any atom is 0.387 e. The van der Waals surface area contributed by atoms with Gasteiger partial charge in [-0.1, -0.05) is 20.8 Å². The van der Waals surface area contributed by atoms with Crippen LogP contribution in [-0.2, 0) is 16.6 Å². The highest BCUT2D eigenvalue weighted by Gasteiger charge is 2.37. The summed E-state index contributed by atoms with van der Waals surface area (Å²) in [6.45, 7) is 5.38. The van der Waals surface area contributed by atoms with Gasteiger partial charge >= 0.3 is 6.61 Å². The quantitative estimate of drug-likeness (QED) is 0.439. The second-order valence-corrected chi connectivity index (χ2v) is 11.9. The molecule has 0 saturated heterocycles. The number of aromatic nitrogens is 2. The van der Waals surface area contributed by atoms with Crippen LogP contribution in [0.15, 0.2) is 36.7 Å². The van der Waals surface area contributed by atoms with Crippen LogP contribution in [0, 0.1) is 11.2 Å². The molecular weight excluding hydrogens is 467 g/mol. The molecule has 1 unspecified atom stereocenters. The fourth-order valence-corrected chi connectivity index (χ4v) is 5.64. The summed E-state index contributed by atoms with van der Waals surface area (Å²) in [5, 5.41) is 0.169. The molecule has 1 aliphatic carbocycles. The zero-order valence-electron chi connectivity index (χ0n) is 19.5. The number of ether oxygens (including phenoxy) is 1. The van der Waals surface area contributed by atoms with E-state index in [1.807, 2.05) is 10.8 Å². The van der Waals surface area contributed by atoms with E-state index in [0.717, 1.165) is 0 Å². The Bertz CT molecular complexity index is 1310. The van der Waals surface area contributed by atoms with Gasteiger partial charge in [0, 0.05) is 41.4 Å². The highest BCUT2D eigenvalue weighted by atomic mass is 32.2. The van der Waals surface area contributed by atoms with E-state index >= 15 is 4.39 Å². The highest BCUT2D eigenvalue weighted by molar-refractivity contribution is 7.90. The Labute approximate surface area is 197 Å². The predicted molar refractivity (Wildman–Crippen MR) is 125 cm³/mol. The first-order valence-corrected chi connectivity index (χ1v) is 12.6. The molecule has 0 amide bonds. The molecule has 0 spiro atoms. The summed E-state index contributed by atoms with van der Waals surface area (Å²) in [5.41, 5.74) is 1.14. The number of nitrogens with one attached hydrogen (secondary N) is 1. The normalized spacial score (nSPS) is 15.8. The second kappa shape index (κ2) is 8.88. The highest BCUT2D eigenvalue weighted by Crippen LogP contribution is 2.37. The van der Waals surface area contributed by atoms with Gasteiger partial charge in [0.2, 0.25) is 10.0 Å². The third-order valence-corrected chi connectivity index (χ3v) is 7.69. The van der Waals surface area contributed by atoms with Gasteiger partial charge in [-0.15, -0.1) is 0 Å². The van der Waals surface area contributed by atoms with E-state index in [2.05, 4.69) is 35.2 Å². The topological polar surface area (TPSA) is 73.2 Å². The zero-order chi connectivity index (χ0) is 24.8. The zero-order valence-corrected chi connectivity index (χ0v) is 20.3. The molecule has 184 valence electrons. The Morgan fingerprint density at radius 1 is 1.26 bits per heavy atom. The third kappa shape index (κ3) is 5.22. The molecule has 1 aliphatic rings. The number of pyridine rings is 1. The fourth-order valence-electron chi connectivity index (χ4n) is 4.07. The molecule has 1 fully saturated rings. The van der Waals surface area contributed by atoms with E-state index in [-0.39, 0.29) is 27.7 Å². The number of alkyl halides is 2. The van der Waals surface area contributed by atoms with Crippen molar-refractivity contribution in [2.24, 2.45) is 5.41 Å². The van der Waals surface area contributed by atoms with Crippen molar-refractivity contribution >= 4 is 20.9 Å². The lowest BCUT2D eigenvalue weighted by Gasteiger charge is -2.20. The first kappa shape index (κ1) is 24.5. The summed E-state index contributed by atoms with van der Waals surface area (Å²) in [6, 6.07) is 5.04. The van der Waals surface area contributed by atoms with Crippen LogP contribution in [0.25, 0.3) is 22.2 Å². The Morgan fingerprint density at radius 3 is 2.59 bits per heavy atom. The van der Waals surface area contributed by atoms with E-state index in [0.29, 0.717) is 35.9 Å². The lowest BCUT2D eigenvalue weighted by Crippen LogP contribution is -2.29. The van der Waals surface area contributed by atoms with Crippen molar-refractivity contribution in [1.29, 1.82) is 0 Å². The minimum absolute atomic E-state index is 0.0229. The van der Waals surface area contributed by atoms with E-state index in [1.165, 1.54) is 24.4 Å². The van der Waals surface area contributed by atoms with Gasteiger partial charge in [-0.25, -0.2) is 17.5 Å². The van der Waals surface area contributed by atoms with Crippen LogP contribution in [0.2, 0.25) is 0 Å². The first-order valence-electron chi connectivity index (χ1n) is 11.1. The second-order valence-electron chi connectivity index (χ2n) is 9.93. The summed E-state index contributed by atoms with van der Waals surface area (Å²) in [5.74, 6) is -0.896. The van der Waals surface area contributed by atoms with Crippen molar-refractivity contribution in [1.82, 2.24) is 14.3 Å². The molecule has 2 aromatic heterocycles. The molecule has 1 aromatic carbocycles. The number of hydrogen-bond acceptors (Lipinski definition) is 4. The van der Waals surface area contributed by atoms with Crippen LogP contribution < -0.4 is 9.46 Å². The van der Waals surface area contributed by atoms with Crippen LogP contribution >= 0.6 is 0 Å². The van der Waals surface area contributed by atoms with Gasteiger partial charge in [0.1, 0.15) is 11.5 Å². The van der Waals surface area contributed by atoms with Crippen molar-refractivity contribution in [2.45, 2.75) is 65.0 Å². The van der Waals surface area contributed by atoms with Crippen molar-refractivity contribution in [2.75, 3.05) is 0 Å². The van der Waals surface area contributed by atoms with Crippen molar-refractivity contribution in [3.8, 4) is 17.0 Å². The largest absolute Gasteiger partial charge is 0.432 e. The van der Waals surface area contributed by atoms with Crippen LogP contribution in [0.1, 0.15) is 52.1 Å². The van der Waals surface area contributed by atoms with E-state index in [4.69, 9.17) is 0 Å². The number of nitrogens with zero attached hydrogens (tertiary/aromatic N) is 2. The summed E-state index contributed by atoms with van der Waals surface area (Å²) in [6.07, 6.45) is 4.48. The van der Waals surface area contributed by atoms with Crippen molar-refractivity contribution in [3.05, 3.63) is 48.0 Å². The fraction of sp³-hybridized carbons (Fsp3) is 0.458. The molecule has 6 nitrogen and oxygen atoms in total. The average molecular weight is 496 g/mol. The molecule has 1 atom stereocenters. The molecule has 3 aromatic rings. The van der Waals surface area contributed by atoms with E-state index in [1.54, 1.807) is 13.0 Å². The number of fused-ring (bicyclic) bond motifs is 1. The minimum Gasteiger partial charge on any atom is -0.432 e. The number of sulfonamides is 1. The van der Waals surface area contributed by atoms with Crippen molar-refractivity contribution < 1.29 is 26.3 Å². The molecule has 1 saturated carbocycles. The van der Waals surface area contributed by atoms with Crippen LogP contribution in [0.5, 0.6) is 5.75 Å². The summed E-state index contributed by atoms with van der Waals surface area (Å²) in [4.78, 5) is 4.09. The maximum absolute atomic E-state index is 15.4. The Balaban J connectivity index is 1.85. The first-order chi connectivity index (χ1) is 15.9. The molecule has 0 radical (unpaired) electrons. The SMILES string of the molecule is CC(NS(=O)(=O)C1CC1)c1cn(CC(C)(C)C)c2cc(-c3ncccc3OC(F)F)c(F)cc12. The third-order valence-electron chi connectivity index (χ3n) is 5.66. The van der Waals surface area contributed by atoms with Crippen molar-refractivity contribution in [3.63, 3.8) is 0 Å².